The van der Waals surface area contributed by atoms with Crippen molar-refractivity contribution >= 4 is 33.1 Å². The van der Waals surface area contributed by atoms with Crippen LogP contribution >= 0.6 is 0 Å². The number of nitrogens with one attached hydrogen (secondary N) is 1. The zero-order valence-corrected chi connectivity index (χ0v) is 21.6. The molecule has 0 spiro atoms. The van der Waals surface area contributed by atoms with Crippen LogP contribution in [0.5, 0.6) is 0 Å². The zero-order valence-electron chi connectivity index (χ0n) is 20.8. The molecule has 5 aromatic rings. The van der Waals surface area contributed by atoms with Crippen LogP contribution < -0.4 is 10.2 Å². The second-order valence-corrected chi connectivity index (χ2v) is 11.1. The maximum Gasteiger partial charge on any atom is 0.228 e. The van der Waals surface area contributed by atoms with E-state index in [-0.39, 0.29) is 0 Å². The van der Waals surface area contributed by atoms with Crippen molar-refractivity contribution in [3.63, 3.8) is 0 Å². The van der Waals surface area contributed by atoms with Crippen LogP contribution in [0, 0.1) is 0 Å². The number of hydrogen-bond donors (Lipinski definition) is 1. The van der Waals surface area contributed by atoms with Crippen molar-refractivity contribution in [3.05, 3.63) is 85.5 Å². The Balaban J connectivity index is 1.19. The van der Waals surface area contributed by atoms with Gasteiger partial charge in [0.1, 0.15) is 11.5 Å². The Bertz CT molecular complexity index is 1680. The van der Waals surface area contributed by atoms with E-state index in [0.29, 0.717) is 37.9 Å². The van der Waals surface area contributed by atoms with E-state index in [1.54, 1.807) is 12.4 Å². The van der Waals surface area contributed by atoms with Gasteiger partial charge in [0, 0.05) is 38.6 Å². The Labute approximate surface area is 220 Å². The number of hydrogen-bond acceptors (Lipinski definition) is 8. The number of rotatable bonds is 6. The van der Waals surface area contributed by atoms with Gasteiger partial charge in [-0.15, -0.1) is 0 Å². The Hall–Kier alpha value is -4.35. The first kappa shape index (κ1) is 24.0. The van der Waals surface area contributed by atoms with Gasteiger partial charge in [-0.1, -0.05) is 30.3 Å². The van der Waals surface area contributed by atoms with Gasteiger partial charge in [-0.25, -0.2) is 28.4 Å². The standard InChI is InChI=1S/C27H26N8O2S/c1-38(36,37)34-15-13-33(14-16-34)22-8-9-25(29-17-22)32-27-28-12-11-23(31-27)24-18-30-26-10-7-21(19-35(24)26)20-5-3-2-4-6-20/h2-12,17-19H,13-16H2,1H3,(H,28,29,31,32). The molecule has 192 valence electrons. The van der Waals surface area contributed by atoms with Crippen LogP contribution in [-0.2, 0) is 10.0 Å². The van der Waals surface area contributed by atoms with Crippen LogP contribution in [0.1, 0.15) is 0 Å². The minimum atomic E-state index is -3.16. The molecule has 0 atom stereocenters. The summed E-state index contributed by atoms with van der Waals surface area (Å²) < 4.78 is 27.0. The second kappa shape index (κ2) is 9.84. The molecule has 1 saturated heterocycles. The molecule has 0 bridgehead atoms. The van der Waals surface area contributed by atoms with Crippen molar-refractivity contribution < 1.29 is 8.42 Å². The minimum Gasteiger partial charge on any atom is -0.368 e. The van der Waals surface area contributed by atoms with Crippen LogP contribution in [0.25, 0.3) is 28.2 Å². The topological polar surface area (TPSA) is 109 Å². The number of imidazole rings is 1. The summed E-state index contributed by atoms with van der Waals surface area (Å²) in [5, 5.41) is 3.18. The number of pyridine rings is 2. The molecule has 10 nitrogen and oxygen atoms in total. The fraction of sp³-hybridized carbons (Fsp3) is 0.185. The summed E-state index contributed by atoms with van der Waals surface area (Å²) in [5.74, 6) is 1.05. The van der Waals surface area contributed by atoms with Gasteiger partial charge in [0.2, 0.25) is 16.0 Å². The third-order valence-corrected chi connectivity index (χ3v) is 7.89. The predicted octanol–water partition coefficient (Wildman–Crippen LogP) is 3.68. The van der Waals surface area contributed by atoms with E-state index in [4.69, 9.17) is 4.98 Å². The van der Waals surface area contributed by atoms with Gasteiger partial charge in [-0.05, 0) is 41.5 Å². The van der Waals surface area contributed by atoms with Crippen molar-refractivity contribution in [2.45, 2.75) is 0 Å². The molecule has 4 aromatic heterocycles. The largest absolute Gasteiger partial charge is 0.368 e. The van der Waals surface area contributed by atoms with Crippen LogP contribution in [0.3, 0.4) is 0 Å². The first-order chi connectivity index (χ1) is 18.4. The Morgan fingerprint density at radius 3 is 2.37 bits per heavy atom. The van der Waals surface area contributed by atoms with Crippen molar-refractivity contribution in [1.29, 1.82) is 0 Å². The fourth-order valence-corrected chi connectivity index (χ4v) is 5.40. The molecular formula is C27H26N8O2S. The molecule has 0 aliphatic carbocycles. The maximum atomic E-state index is 11.8. The van der Waals surface area contributed by atoms with E-state index in [0.717, 1.165) is 33.8 Å². The van der Waals surface area contributed by atoms with E-state index >= 15 is 0 Å². The van der Waals surface area contributed by atoms with E-state index in [2.05, 4.69) is 49.6 Å². The Morgan fingerprint density at radius 1 is 0.816 bits per heavy atom. The van der Waals surface area contributed by atoms with E-state index in [9.17, 15) is 8.42 Å². The average Bonchev–Trinajstić information content (AvgIpc) is 3.37. The lowest BCUT2D eigenvalue weighted by Gasteiger charge is -2.34. The lowest BCUT2D eigenvalue weighted by Crippen LogP contribution is -2.48. The predicted molar refractivity (Wildman–Crippen MR) is 148 cm³/mol. The molecule has 0 amide bonds. The highest BCUT2D eigenvalue weighted by molar-refractivity contribution is 7.88. The van der Waals surface area contributed by atoms with Gasteiger partial charge in [-0.3, -0.25) is 4.40 Å². The maximum absolute atomic E-state index is 11.8. The molecule has 38 heavy (non-hydrogen) atoms. The molecule has 1 aromatic carbocycles. The van der Waals surface area contributed by atoms with Gasteiger partial charge in [0.15, 0.2) is 0 Å². The summed E-state index contributed by atoms with van der Waals surface area (Å²) in [4.78, 5) is 20.3. The third-order valence-electron chi connectivity index (χ3n) is 6.59. The molecule has 0 unspecified atom stereocenters. The Kier molecular flexibility index (Phi) is 6.22. The summed E-state index contributed by atoms with van der Waals surface area (Å²) >= 11 is 0. The normalized spacial score (nSPS) is 14.6. The first-order valence-electron chi connectivity index (χ1n) is 12.2. The van der Waals surface area contributed by atoms with Crippen LogP contribution in [0.2, 0.25) is 0 Å². The number of aromatic nitrogens is 5. The number of sulfonamides is 1. The van der Waals surface area contributed by atoms with E-state index in [1.807, 2.05) is 53.1 Å². The summed E-state index contributed by atoms with van der Waals surface area (Å²) in [6.07, 6.45) is 8.61. The van der Waals surface area contributed by atoms with E-state index in [1.165, 1.54) is 10.6 Å². The number of piperazine rings is 1. The smallest absolute Gasteiger partial charge is 0.228 e. The lowest BCUT2D eigenvalue weighted by atomic mass is 10.1. The van der Waals surface area contributed by atoms with Gasteiger partial charge >= 0.3 is 0 Å². The van der Waals surface area contributed by atoms with Crippen molar-refractivity contribution in [2.24, 2.45) is 0 Å². The highest BCUT2D eigenvalue weighted by Gasteiger charge is 2.23. The molecule has 6 rings (SSSR count). The van der Waals surface area contributed by atoms with Crippen molar-refractivity contribution in [3.8, 4) is 22.5 Å². The third kappa shape index (κ3) is 4.93. The number of anilines is 3. The monoisotopic (exact) mass is 526 g/mol. The van der Waals surface area contributed by atoms with E-state index < -0.39 is 10.0 Å². The number of benzene rings is 1. The summed E-state index contributed by atoms with van der Waals surface area (Å²) in [6.45, 7) is 2.18. The number of fused-ring (bicyclic) bond motifs is 1. The molecule has 1 N–H and O–H groups in total. The van der Waals surface area contributed by atoms with Crippen LogP contribution in [0.4, 0.5) is 17.5 Å². The SMILES string of the molecule is CS(=O)(=O)N1CCN(c2ccc(Nc3nccc(-c4cnc5ccc(-c6ccccc6)cn45)n3)nc2)CC1. The quantitative estimate of drug-likeness (QED) is 0.357. The molecule has 0 radical (unpaired) electrons. The van der Waals surface area contributed by atoms with Gasteiger partial charge in [0.25, 0.3) is 0 Å². The summed E-state index contributed by atoms with van der Waals surface area (Å²) in [6, 6.07) is 20.0. The molecule has 1 fully saturated rings. The minimum absolute atomic E-state index is 0.429. The molecule has 11 heteroatoms. The fourth-order valence-electron chi connectivity index (χ4n) is 4.57. The van der Waals surface area contributed by atoms with Crippen molar-refractivity contribution in [1.82, 2.24) is 28.6 Å². The van der Waals surface area contributed by atoms with Crippen molar-refractivity contribution in [2.75, 3.05) is 42.7 Å². The lowest BCUT2D eigenvalue weighted by molar-refractivity contribution is 0.388. The van der Waals surface area contributed by atoms with Crippen LogP contribution in [0.15, 0.2) is 85.5 Å². The zero-order chi connectivity index (χ0) is 26.1. The summed E-state index contributed by atoms with van der Waals surface area (Å²) in [5.41, 5.74) is 5.60. The first-order valence-corrected chi connectivity index (χ1v) is 14.1. The second-order valence-electron chi connectivity index (χ2n) is 9.10. The molecule has 1 aliphatic rings. The van der Waals surface area contributed by atoms with Gasteiger partial charge in [0.05, 0.1) is 35.7 Å². The average molecular weight is 527 g/mol. The molecule has 5 heterocycles. The van der Waals surface area contributed by atoms with Gasteiger partial charge in [-0.2, -0.15) is 4.31 Å². The number of nitrogens with zero attached hydrogens (tertiary/aromatic N) is 7. The molecule has 1 aliphatic heterocycles. The molecule has 0 saturated carbocycles. The van der Waals surface area contributed by atoms with Gasteiger partial charge < -0.3 is 10.2 Å². The van der Waals surface area contributed by atoms with Crippen LogP contribution in [-0.4, -0.2) is 69.5 Å². The highest BCUT2D eigenvalue weighted by atomic mass is 32.2. The summed E-state index contributed by atoms with van der Waals surface area (Å²) in [7, 11) is -3.16. The Morgan fingerprint density at radius 2 is 1.63 bits per heavy atom. The highest BCUT2D eigenvalue weighted by Crippen LogP contribution is 2.25. The molecular weight excluding hydrogens is 500 g/mol.